The molecule has 1 aromatic carbocycles. The summed E-state index contributed by atoms with van der Waals surface area (Å²) < 4.78 is 45.7. The standard InChI is InChI=1S/C15H20BF3N6O4/c17-10-5-9(14(19)11(18)6-10)7-21-13(26)8-25-15(22-23-24-25)12(20)3-1-2-4-29-16(27)28/h5-6,12,27-28H,1-4,7-8,20H2,(H,21,26). The monoisotopic (exact) mass is 416 g/mol. The van der Waals surface area contributed by atoms with E-state index in [4.69, 9.17) is 15.8 Å². The topological polar surface area (TPSA) is 148 Å². The second-order valence-corrected chi connectivity index (χ2v) is 6.13. The van der Waals surface area contributed by atoms with E-state index in [2.05, 4.69) is 25.5 Å². The number of halogens is 3. The normalized spacial score (nSPS) is 12.1. The fourth-order valence-electron chi connectivity index (χ4n) is 2.50. The molecule has 5 N–H and O–H groups in total. The molecule has 29 heavy (non-hydrogen) atoms. The Bertz CT molecular complexity index is 825. The average Bonchev–Trinajstić information content (AvgIpc) is 3.10. The van der Waals surface area contributed by atoms with Crippen molar-refractivity contribution in [2.24, 2.45) is 5.73 Å². The molecule has 1 heterocycles. The van der Waals surface area contributed by atoms with Crippen LogP contribution in [0.1, 0.15) is 36.7 Å². The van der Waals surface area contributed by atoms with Gasteiger partial charge in [-0.1, -0.05) is 0 Å². The van der Waals surface area contributed by atoms with Gasteiger partial charge >= 0.3 is 7.32 Å². The van der Waals surface area contributed by atoms with Gasteiger partial charge in [0.05, 0.1) is 6.04 Å². The van der Waals surface area contributed by atoms with Gasteiger partial charge in [-0.05, 0) is 35.8 Å². The minimum absolute atomic E-state index is 0.134. The zero-order valence-corrected chi connectivity index (χ0v) is 15.3. The lowest BCUT2D eigenvalue weighted by molar-refractivity contribution is -0.122. The third kappa shape index (κ3) is 7.09. The number of benzene rings is 1. The number of nitrogens with one attached hydrogen (secondary N) is 1. The number of nitrogens with zero attached hydrogens (tertiary/aromatic N) is 4. The average molecular weight is 416 g/mol. The van der Waals surface area contributed by atoms with Crippen molar-refractivity contribution in [1.82, 2.24) is 25.5 Å². The highest BCUT2D eigenvalue weighted by atomic mass is 19.2. The van der Waals surface area contributed by atoms with Crippen LogP contribution in [0.2, 0.25) is 0 Å². The third-order valence-corrected chi connectivity index (χ3v) is 3.91. The second-order valence-electron chi connectivity index (χ2n) is 6.13. The van der Waals surface area contributed by atoms with Crippen LogP contribution in [0.3, 0.4) is 0 Å². The number of carbonyl (C=O) groups excluding carboxylic acids is 1. The summed E-state index contributed by atoms with van der Waals surface area (Å²) in [6.45, 7) is -0.607. The molecule has 14 heteroatoms. The predicted molar refractivity (Wildman–Crippen MR) is 92.9 cm³/mol. The highest BCUT2D eigenvalue weighted by Crippen LogP contribution is 2.15. The van der Waals surface area contributed by atoms with Crippen molar-refractivity contribution < 1.29 is 32.7 Å². The van der Waals surface area contributed by atoms with E-state index in [-0.39, 0.29) is 24.5 Å². The van der Waals surface area contributed by atoms with Crippen LogP contribution in [0, 0.1) is 17.5 Å². The lowest BCUT2D eigenvalue weighted by Crippen LogP contribution is -2.30. The van der Waals surface area contributed by atoms with Gasteiger partial charge in [-0.3, -0.25) is 4.79 Å². The first-order valence-electron chi connectivity index (χ1n) is 8.67. The third-order valence-electron chi connectivity index (χ3n) is 3.91. The van der Waals surface area contributed by atoms with Gasteiger partial charge in [-0.2, -0.15) is 0 Å². The van der Waals surface area contributed by atoms with E-state index in [0.717, 1.165) is 10.7 Å². The Hall–Kier alpha value is -2.55. The van der Waals surface area contributed by atoms with Gasteiger partial charge in [0, 0.05) is 24.8 Å². The maximum atomic E-state index is 13.6. The van der Waals surface area contributed by atoms with Crippen LogP contribution < -0.4 is 11.1 Å². The number of hydrogen-bond acceptors (Lipinski definition) is 8. The van der Waals surface area contributed by atoms with Gasteiger partial charge in [0.1, 0.15) is 12.4 Å². The molecule has 0 aliphatic heterocycles. The smallest absolute Gasteiger partial charge is 0.402 e. The molecule has 10 nitrogen and oxygen atoms in total. The molecule has 0 bridgehead atoms. The summed E-state index contributed by atoms with van der Waals surface area (Å²) in [6.07, 6.45) is 1.54. The Morgan fingerprint density at radius 2 is 2.07 bits per heavy atom. The number of amides is 1. The van der Waals surface area contributed by atoms with E-state index in [1.807, 2.05) is 0 Å². The van der Waals surface area contributed by atoms with Gasteiger partial charge in [-0.25, -0.2) is 17.9 Å². The summed E-state index contributed by atoms with van der Waals surface area (Å²) in [5.41, 5.74) is 5.68. The lowest BCUT2D eigenvalue weighted by Gasteiger charge is -2.12. The van der Waals surface area contributed by atoms with Crippen molar-refractivity contribution >= 4 is 13.2 Å². The minimum atomic E-state index is -1.83. The summed E-state index contributed by atoms with van der Waals surface area (Å²) in [4.78, 5) is 12.1. The summed E-state index contributed by atoms with van der Waals surface area (Å²) in [5.74, 6) is -3.91. The second kappa shape index (κ2) is 10.9. The molecule has 0 radical (unpaired) electrons. The molecule has 0 spiro atoms. The van der Waals surface area contributed by atoms with Crippen LogP contribution in [0.5, 0.6) is 0 Å². The number of unbranched alkanes of at least 4 members (excludes halogenated alkanes) is 1. The van der Waals surface area contributed by atoms with E-state index in [1.165, 1.54) is 0 Å². The fourth-order valence-corrected chi connectivity index (χ4v) is 2.50. The number of tetrazole rings is 1. The Kier molecular flexibility index (Phi) is 8.51. The molecule has 2 aromatic rings. The van der Waals surface area contributed by atoms with Crippen LogP contribution in [-0.4, -0.2) is 50.1 Å². The van der Waals surface area contributed by atoms with Crippen LogP contribution in [0.4, 0.5) is 13.2 Å². The molecule has 1 amide bonds. The van der Waals surface area contributed by atoms with Crippen LogP contribution in [-0.2, 0) is 22.5 Å². The lowest BCUT2D eigenvalue weighted by atomic mass is 10.1. The van der Waals surface area contributed by atoms with Gasteiger partial charge in [-0.15, -0.1) is 5.10 Å². The highest BCUT2D eigenvalue weighted by Gasteiger charge is 2.18. The molecule has 2 rings (SSSR count). The molecule has 158 valence electrons. The van der Waals surface area contributed by atoms with E-state index in [0.29, 0.717) is 25.3 Å². The zero-order valence-electron chi connectivity index (χ0n) is 15.3. The van der Waals surface area contributed by atoms with Crippen LogP contribution >= 0.6 is 0 Å². The maximum absolute atomic E-state index is 13.6. The molecule has 1 atom stereocenters. The van der Waals surface area contributed by atoms with Gasteiger partial charge in [0.25, 0.3) is 0 Å². The van der Waals surface area contributed by atoms with Crippen molar-refractivity contribution in [2.45, 2.75) is 38.4 Å². The molecule has 0 aliphatic rings. The summed E-state index contributed by atoms with van der Waals surface area (Å²) in [7, 11) is -1.83. The van der Waals surface area contributed by atoms with Crippen molar-refractivity contribution in [2.75, 3.05) is 6.61 Å². The molecule has 1 aromatic heterocycles. The maximum Gasteiger partial charge on any atom is 0.633 e. The Balaban J connectivity index is 1.85. The van der Waals surface area contributed by atoms with E-state index < -0.39 is 43.3 Å². The summed E-state index contributed by atoms with van der Waals surface area (Å²) in [5, 5.41) is 30.4. The van der Waals surface area contributed by atoms with Crippen molar-refractivity contribution in [1.29, 1.82) is 0 Å². The summed E-state index contributed by atoms with van der Waals surface area (Å²) in [6, 6.07) is 0.607. The first-order valence-corrected chi connectivity index (χ1v) is 8.67. The fraction of sp³-hybridized carbons (Fsp3) is 0.467. The van der Waals surface area contributed by atoms with Gasteiger partial charge in [0.2, 0.25) is 5.91 Å². The Morgan fingerprint density at radius 3 is 2.79 bits per heavy atom. The van der Waals surface area contributed by atoms with Crippen LogP contribution in [0.25, 0.3) is 0 Å². The number of aromatic nitrogens is 4. The molecule has 1 unspecified atom stereocenters. The number of carbonyl (C=O) groups is 1. The Labute approximate surface area is 164 Å². The van der Waals surface area contributed by atoms with Gasteiger partial charge < -0.3 is 25.8 Å². The minimum Gasteiger partial charge on any atom is -0.402 e. The molecular formula is C15H20BF3N6O4. The number of hydrogen-bond donors (Lipinski definition) is 4. The molecule has 0 aliphatic carbocycles. The predicted octanol–water partition coefficient (Wildman–Crippen LogP) is -0.437. The summed E-state index contributed by atoms with van der Waals surface area (Å²) >= 11 is 0. The van der Waals surface area contributed by atoms with E-state index in [1.54, 1.807) is 0 Å². The highest BCUT2D eigenvalue weighted by molar-refractivity contribution is 6.32. The molecule has 0 saturated heterocycles. The molecule has 0 saturated carbocycles. The first kappa shape index (κ1) is 22.7. The first-order chi connectivity index (χ1) is 13.8. The van der Waals surface area contributed by atoms with Crippen molar-refractivity contribution in [3.05, 3.63) is 41.0 Å². The SMILES string of the molecule is NC(CCCCOB(O)O)c1nnnn1CC(=O)NCc1cc(F)cc(F)c1F. The van der Waals surface area contributed by atoms with Crippen molar-refractivity contribution in [3.63, 3.8) is 0 Å². The molecule has 0 fully saturated rings. The van der Waals surface area contributed by atoms with E-state index in [9.17, 15) is 18.0 Å². The number of nitrogens with two attached hydrogens (primary N) is 1. The largest absolute Gasteiger partial charge is 0.633 e. The quantitative estimate of drug-likeness (QED) is 0.219. The van der Waals surface area contributed by atoms with E-state index >= 15 is 0 Å². The number of rotatable bonds is 11. The van der Waals surface area contributed by atoms with Crippen LogP contribution in [0.15, 0.2) is 12.1 Å². The van der Waals surface area contributed by atoms with Crippen molar-refractivity contribution in [3.8, 4) is 0 Å². The van der Waals surface area contributed by atoms with Gasteiger partial charge in [0.15, 0.2) is 17.5 Å². The molecular weight excluding hydrogens is 396 g/mol. The Morgan fingerprint density at radius 1 is 1.31 bits per heavy atom. The zero-order chi connectivity index (χ0) is 21.4.